The quantitative estimate of drug-likeness (QED) is 0.562. The number of hydrogen-bond donors (Lipinski definition) is 2. The van der Waals surface area contributed by atoms with Crippen molar-refractivity contribution in [1.82, 2.24) is 0 Å². The molecule has 15 heavy (non-hydrogen) atoms. The molecule has 90 valence electrons. The fourth-order valence-electron chi connectivity index (χ4n) is 0.766. The van der Waals surface area contributed by atoms with Crippen LogP contribution in [0.4, 0.5) is 0 Å². The minimum absolute atomic E-state index is 0.117. The molecule has 0 fully saturated rings. The number of rotatable bonds is 5. The summed E-state index contributed by atoms with van der Waals surface area (Å²) in [6.45, 7) is 14.2. The van der Waals surface area contributed by atoms with Gasteiger partial charge in [-0.1, -0.05) is 26.8 Å². The first kappa shape index (κ1) is 14.8. The van der Waals surface area contributed by atoms with E-state index in [2.05, 4.69) is 40.4 Å². The molecule has 0 radical (unpaired) electrons. The molecule has 0 bridgehead atoms. The average molecular weight is 232 g/mol. The van der Waals surface area contributed by atoms with E-state index in [0.29, 0.717) is 0 Å². The Bertz CT molecular complexity index is 208. The summed E-state index contributed by atoms with van der Waals surface area (Å²) >= 11 is 0. The molecule has 0 saturated heterocycles. The van der Waals surface area contributed by atoms with Crippen LogP contribution in [-0.4, -0.2) is 37.3 Å². The molecule has 0 aliphatic carbocycles. The molecule has 0 heterocycles. The summed E-state index contributed by atoms with van der Waals surface area (Å²) in [6, 6.07) is 0. The van der Waals surface area contributed by atoms with Crippen molar-refractivity contribution in [2.24, 2.45) is 0 Å². The van der Waals surface area contributed by atoms with Crippen molar-refractivity contribution in [3.05, 3.63) is 12.7 Å². The third kappa shape index (κ3) is 4.47. The van der Waals surface area contributed by atoms with E-state index in [0.717, 1.165) is 0 Å². The molecule has 0 rings (SSSR count). The molecule has 0 aromatic heterocycles. The van der Waals surface area contributed by atoms with Gasteiger partial charge in [0, 0.05) is 0 Å². The smallest absolute Gasteiger partial charge is 0.192 e. The Morgan fingerprint density at radius 2 is 1.80 bits per heavy atom. The zero-order valence-electron chi connectivity index (χ0n) is 10.4. The zero-order valence-corrected chi connectivity index (χ0v) is 11.4. The van der Waals surface area contributed by atoms with Gasteiger partial charge in [-0.15, -0.1) is 6.58 Å². The maximum atomic E-state index is 9.52. The Balaban J connectivity index is 4.21. The van der Waals surface area contributed by atoms with Crippen LogP contribution in [0.3, 0.4) is 0 Å². The van der Waals surface area contributed by atoms with Gasteiger partial charge < -0.3 is 14.6 Å². The van der Waals surface area contributed by atoms with Crippen molar-refractivity contribution in [1.29, 1.82) is 0 Å². The Kier molecular flexibility index (Phi) is 5.19. The highest BCUT2D eigenvalue weighted by Crippen LogP contribution is 2.36. The Morgan fingerprint density at radius 1 is 1.33 bits per heavy atom. The van der Waals surface area contributed by atoms with E-state index >= 15 is 0 Å². The van der Waals surface area contributed by atoms with Gasteiger partial charge in [-0.3, -0.25) is 0 Å². The molecule has 0 aliphatic heterocycles. The van der Waals surface area contributed by atoms with Gasteiger partial charge in [0.05, 0.1) is 12.7 Å². The van der Waals surface area contributed by atoms with Crippen LogP contribution in [0.1, 0.15) is 20.8 Å². The average Bonchev–Trinajstić information content (AvgIpc) is 2.11. The van der Waals surface area contributed by atoms with Gasteiger partial charge in [0.2, 0.25) is 0 Å². The number of hydrogen-bond acceptors (Lipinski definition) is 3. The van der Waals surface area contributed by atoms with Crippen LogP contribution in [0.5, 0.6) is 0 Å². The van der Waals surface area contributed by atoms with Gasteiger partial charge in [-0.2, -0.15) is 0 Å². The topological polar surface area (TPSA) is 49.7 Å². The molecule has 0 unspecified atom stereocenters. The molecule has 0 amide bonds. The summed E-state index contributed by atoms with van der Waals surface area (Å²) in [6.07, 6.45) is -0.467. The van der Waals surface area contributed by atoms with Crippen molar-refractivity contribution < 1.29 is 14.6 Å². The normalized spacial score (nSPS) is 17.3. The lowest BCUT2D eigenvalue weighted by Crippen LogP contribution is -2.44. The first-order valence-electron chi connectivity index (χ1n) is 5.24. The predicted molar refractivity (Wildman–Crippen MR) is 65.4 cm³/mol. The highest BCUT2D eigenvalue weighted by atomic mass is 28.4. The predicted octanol–water partition coefficient (Wildman–Crippen LogP) is 1.92. The van der Waals surface area contributed by atoms with Crippen LogP contribution in [0.15, 0.2) is 12.7 Å². The molecular formula is C11H24O3Si. The van der Waals surface area contributed by atoms with Gasteiger partial charge in [-0.25, -0.2) is 0 Å². The summed E-state index contributed by atoms with van der Waals surface area (Å²) in [4.78, 5) is 0. The minimum Gasteiger partial charge on any atom is -0.414 e. The molecule has 0 spiro atoms. The molecular weight excluding hydrogens is 208 g/mol. The van der Waals surface area contributed by atoms with Crippen molar-refractivity contribution in [3.8, 4) is 0 Å². The first-order chi connectivity index (χ1) is 6.62. The van der Waals surface area contributed by atoms with E-state index in [1.807, 2.05) is 0 Å². The molecule has 2 atom stereocenters. The van der Waals surface area contributed by atoms with Crippen LogP contribution in [0, 0.1) is 0 Å². The number of aliphatic hydroxyl groups is 2. The minimum atomic E-state index is -1.83. The van der Waals surface area contributed by atoms with E-state index in [1.54, 1.807) is 0 Å². The van der Waals surface area contributed by atoms with Gasteiger partial charge in [0.25, 0.3) is 0 Å². The molecule has 0 saturated carbocycles. The SMILES string of the molecule is C=C[C@H](O)[C@@H](O)CO[Si](C)(C)C(C)(C)C. The summed E-state index contributed by atoms with van der Waals surface area (Å²) in [5.74, 6) is 0. The van der Waals surface area contributed by atoms with Gasteiger partial charge in [0.15, 0.2) is 8.32 Å². The van der Waals surface area contributed by atoms with E-state index in [4.69, 9.17) is 4.43 Å². The first-order valence-corrected chi connectivity index (χ1v) is 8.15. The van der Waals surface area contributed by atoms with Crippen molar-refractivity contribution in [3.63, 3.8) is 0 Å². The lowest BCUT2D eigenvalue weighted by Gasteiger charge is -2.37. The second-order valence-electron chi connectivity index (χ2n) is 5.36. The maximum absolute atomic E-state index is 9.52. The molecule has 3 nitrogen and oxygen atoms in total. The molecule has 4 heteroatoms. The Hall–Kier alpha value is -0.163. The standard InChI is InChI=1S/C11H24O3Si/c1-7-9(12)10(13)8-14-15(5,6)11(2,3)4/h7,9-10,12-13H,1,8H2,2-6H3/t9-,10-/m0/s1. The third-order valence-electron chi connectivity index (χ3n) is 3.06. The number of aliphatic hydroxyl groups excluding tert-OH is 2. The lowest BCUT2D eigenvalue weighted by molar-refractivity contribution is 0.0131. The Morgan fingerprint density at radius 3 is 2.13 bits per heavy atom. The molecule has 0 aliphatic rings. The van der Waals surface area contributed by atoms with E-state index < -0.39 is 20.5 Å². The maximum Gasteiger partial charge on any atom is 0.192 e. The summed E-state index contributed by atoms with van der Waals surface area (Å²) in [5, 5.41) is 18.9. The lowest BCUT2D eigenvalue weighted by atomic mass is 10.2. The van der Waals surface area contributed by atoms with Crippen LogP contribution >= 0.6 is 0 Å². The highest BCUT2D eigenvalue weighted by molar-refractivity contribution is 6.74. The fraction of sp³-hybridized carbons (Fsp3) is 0.818. The van der Waals surface area contributed by atoms with Crippen LogP contribution < -0.4 is 0 Å². The second-order valence-corrected chi connectivity index (χ2v) is 10.2. The summed E-state index contributed by atoms with van der Waals surface area (Å²) in [5.41, 5.74) is 0. The van der Waals surface area contributed by atoms with E-state index in [9.17, 15) is 10.2 Å². The molecule has 0 aromatic carbocycles. The van der Waals surface area contributed by atoms with Gasteiger partial charge >= 0.3 is 0 Å². The second kappa shape index (κ2) is 5.25. The van der Waals surface area contributed by atoms with Crippen molar-refractivity contribution in [2.45, 2.75) is 51.1 Å². The zero-order chi connectivity index (χ0) is 12.3. The Labute approximate surface area is 93.9 Å². The van der Waals surface area contributed by atoms with Gasteiger partial charge in [-0.05, 0) is 18.1 Å². The van der Waals surface area contributed by atoms with Crippen LogP contribution in [0.2, 0.25) is 18.1 Å². The van der Waals surface area contributed by atoms with E-state index in [1.165, 1.54) is 6.08 Å². The van der Waals surface area contributed by atoms with Crippen molar-refractivity contribution in [2.75, 3.05) is 6.61 Å². The molecule has 0 aromatic rings. The van der Waals surface area contributed by atoms with Crippen LogP contribution in [-0.2, 0) is 4.43 Å². The summed E-state index contributed by atoms with van der Waals surface area (Å²) in [7, 11) is -1.83. The van der Waals surface area contributed by atoms with Crippen molar-refractivity contribution >= 4 is 8.32 Å². The third-order valence-corrected chi connectivity index (χ3v) is 7.56. The fourth-order valence-corrected chi connectivity index (χ4v) is 1.79. The molecule has 2 N–H and O–H groups in total. The monoisotopic (exact) mass is 232 g/mol. The van der Waals surface area contributed by atoms with E-state index in [-0.39, 0.29) is 11.6 Å². The largest absolute Gasteiger partial charge is 0.414 e. The summed E-state index contributed by atoms with van der Waals surface area (Å²) < 4.78 is 5.76. The highest BCUT2D eigenvalue weighted by Gasteiger charge is 2.37. The van der Waals surface area contributed by atoms with Gasteiger partial charge in [0.1, 0.15) is 6.10 Å². The van der Waals surface area contributed by atoms with Crippen LogP contribution in [0.25, 0.3) is 0 Å².